The molecule has 140 valence electrons. The third kappa shape index (κ3) is 3.45. The van der Waals surface area contributed by atoms with Crippen LogP contribution in [0.3, 0.4) is 0 Å². The molecule has 3 amide bonds. The Hall–Kier alpha value is -2.37. The largest absolute Gasteiger partial charge is 0.466 e. The lowest BCUT2D eigenvalue weighted by Gasteiger charge is -2.23. The van der Waals surface area contributed by atoms with E-state index in [2.05, 4.69) is 11.4 Å². The number of esters is 1. The molecule has 1 fully saturated rings. The number of carbonyl (C=O) groups is 3. The standard InChI is InChI=1S/C20H26N2O4/c1-3-4-12-26-17(23)10-11-22-18(24)20(2,21-19(22)25)16-9-8-14-6-5-7-15(14)13-16/h8-9,13H,3-7,10-12H2,1-2H3,(H,21,25)/t20-/m1/s1. The van der Waals surface area contributed by atoms with Crippen molar-refractivity contribution in [1.29, 1.82) is 0 Å². The van der Waals surface area contributed by atoms with E-state index >= 15 is 0 Å². The van der Waals surface area contributed by atoms with Gasteiger partial charge in [0.2, 0.25) is 0 Å². The van der Waals surface area contributed by atoms with Gasteiger partial charge in [-0.25, -0.2) is 4.79 Å². The lowest BCUT2D eigenvalue weighted by Crippen LogP contribution is -2.41. The van der Waals surface area contributed by atoms with Crippen LogP contribution in [0.2, 0.25) is 0 Å². The minimum atomic E-state index is -1.08. The molecule has 2 aliphatic rings. The molecule has 3 rings (SSSR count). The summed E-state index contributed by atoms with van der Waals surface area (Å²) in [4.78, 5) is 38.1. The summed E-state index contributed by atoms with van der Waals surface area (Å²) in [6.45, 7) is 4.16. The zero-order chi connectivity index (χ0) is 18.7. The Morgan fingerprint density at radius 2 is 2.04 bits per heavy atom. The summed E-state index contributed by atoms with van der Waals surface area (Å²) in [6.07, 6.45) is 4.98. The average molecular weight is 358 g/mol. The van der Waals surface area contributed by atoms with Crippen LogP contribution in [0.5, 0.6) is 0 Å². The van der Waals surface area contributed by atoms with E-state index in [1.807, 2.05) is 19.1 Å². The first-order valence-electron chi connectivity index (χ1n) is 9.37. The van der Waals surface area contributed by atoms with Crippen molar-refractivity contribution in [1.82, 2.24) is 10.2 Å². The molecule has 0 unspecified atom stereocenters. The van der Waals surface area contributed by atoms with Crippen LogP contribution in [0.1, 0.15) is 56.2 Å². The normalized spacial score (nSPS) is 21.7. The van der Waals surface area contributed by atoms with Crippen LogP contribution in [-0.4, -0.2) is 36.0 Å². The number of nitrogens with zero attached hydrogens (tertiary/aromatic N) is 1. The zero-order valence-corrected chi connectivity index (χ0v) is 15.5. The van der Waals surface area contributed by atoms with E-state index < -0.39 is 11.6 Å². The molecule has 0 aromatic heterocycles. The molecular formula is C20H26N2O4. The van der Waals surface area contributed by atoms with Crippen LogP contribution >= 0.6 is 0 Å². The lowest BCUT2D eigenvalue weighted by atomic mass is 9.89. The number of hydrogen-bond donors (Lipinski definition) is 1. The van der Waals surface area contributed by atoms with Crippen molar-refractivity contribution >= 4 is 17.9 Å². The highest BCUT2D eigenvalue weighted by Gasteiger charge is 2.49. The number of amides is 3. The molecule has 0 radical (unpaired) electrons. The summed E-state index contributed by atoms with van der Waals surface area (Å²) < 4.78 is 5.09. The van der Waals surface area contributed by atoms with Crippen LogP contribution in [0.25, 0.3) is 0 Å². The van der Waals surface area contributed by atoms with Gasteiger partial charge < -0.3 is 10.1 Å². The van der Waals surface area contributed by atoms with E-state index in [9.17, 15) is 14.4 Å². The topological polar surface area (TPSA) is 75.7 Å². The molecule has 26 heavy (non-hydrogen) atoms. The highest BCUT2D eigenvalue weighted by Crippen LogP contribution is 2.32. The van der Waals surface area contributed by atoms with Gasteiger partial charge in [-0.15, -0.1) is 0 Å². The molecule has 1 atom stereocenters. The van der Waals surface area contributed by atoms with Gasteiger partial charge in [0.15, 0.2) is 0 Å². The van der Waals surface area contributed by atoms with Crippen molar-refractivity contribution in [2.24, 2.45) is 0 Å². The number of hydrogen-bond acceptors (Lipinski definition) is 4. The lowest BCUT2D eigenvalue weighted by molar-refractivity contribution is -0.144. The maximum atomic E-state index is 12.9. The van der Waals surface area contributed by atoms with Gasteiger partial charge >= 0.3 is 12.0 Å². The Balaban J connectivity index is 1.67. The summed E-state index contributed by atoms with van der Waals surface area (Å²) in [6, 6.07) is 5.55. The number of fused-ring (bicyclic) bond motifs is 1. The Kier molecular flexibility index (Phi) is 5.30. The molecule has 0 saturated carbocycles. The van der Waals surface area contributed by atoms with Crippen molar-refractivity contribution in [3.8, 4) is 0 Å². The number of imide groups is 1. The van der Waals surface area contributed by atoms with E-state index in [4.69, 9.17) is 4.74 Å². The molecular weight excluding hydrogens is 332 g/mol. The molecule has 6 nitrogen and oxygen atoms in total. The van der Waals surface area contributed by atoms with E-state index in [0.29, 0.717) is 6.61 Å². The van der Waals surface area contributed by atoms with Gasteiger partial charge in [-0.05, 0) is 49.3 Å². The van der Waals surface area contributed by atoms with E-state index in [1.165, 1.54) is 11.1 Å². The van der Waals surface area contributed by atoms with Gasteiger partial charge in [0.05, 0.1) is 13.0 Å². The number of carbonyl (C=O) groups excluding carboxylic acids is 3. The molecule has 1 aromatic rings. The smallest absolute Gasteiger partial charge is 0.325 e. The van der Waals surface area contributed by atoms with Gasteiger partial charge in [-0.3, -0.25) is 14.5 Å². The minimum absolute atomic E-state index is 0.0170. The Morgan fingerprint density at radius 3 is 2.81 bits per heavy atom. The Bertz CT molecular complexity index is 731. The monoisotopic (exact) mass is 358 g/mol. The predicted octanol–water partition coefficient (Wildman–Crippen LogP) is 2.68. The number of aryl methyl sites for hydroxylation is 2. The van der Waals surface area contributed by atoms with E-state index in [-0.39, 0.29) is 24.8 Å². The molecule has 1 N–H and O–H groups in total. The van der Waals surface area contributed by atoms with Crippen LogP contribution in [0.15, 0.2) is 18.2 Å². The Morgan fingerprint density at radius 1 is 1.27 bits per heavy atom. The second-order valence-corrected chi connectivity index (χ2v) is 7.17. The molecule has 0 bridgehead atoms. The molecule has 1 aliphatic heterocycles. The number of benzene rings is 1. The number of ether oxygens (including phenoxy) is 1. The third-order valence-corrected chi connectivity index (χ3v) is 5.25. The molecule has 1 aliphatic carbocycles. The fraction of sp³-hybridized carbons (Fsp3) is 0.550. The predicted molar refractivity (Wildman–Crippen MR) is 96.5 cm³/mol. The zero-order valence-electron chi connectivity index (χ0n) is 15.5. The highest BCUT2D eigenvalue weighted by molar-refractivity contribution is 6.07. The van der Waals surface area contributed by atoms with Gasteiger partial charge in [0.1, 0.15) is 5.54 Å². The van der Waals surface area contributed by atoms with Crippen molar-refractivity contribution in [3.05, 3.63) is 34.9 Å². The fourth-order valence-electron chi connectivity index (χ4n) is 3.58. The average Bonchev–Trinajstić information content (AvgIpc) is 3.17. The minimum Gasteiger partial charge on any atom is -0.466 e. The number of urea groups is 1. The number of rotatable bonds is 7. The van der Waals surface area contributed by atoms with Gasteiger partial charge in [-0.2, -0.15) is 0 Å². The molecule has 6 heteroatoms. The van der Waals surface area contributed by atoms with Crippen LogP contribution in [0, 0.1) is 0 Å². The van der Waals surface area contributed by atoms with Gasteiger partial charge in [0, 0.05) is 6.54 Å². The summed E-state index contributed by atoms with van der Waals surface area (Å²) in [5.41, 5.74) is 2.29. The summed E-state index contributed by atoms with van der Waals surface area (Å²) in [5.74, 6) is -0.702. The van der Waals surface area contributed by atoms with Crippen molar-refractivity contribution in [3.63, 3.8) is 0 Å². The summed E-state index contributed by atoms with van der Waals surface area (Å²) in [7, 11) is 0. The van der Waals surface area contributed by atoms with Crippen molar-refractivity contribution in [2.75, 3.05) is 13.2 Å². The fourth-order valence-corrected chi connectivity index (χ4v) is 3.58. The van der Waals surface area contributed by atoms with Crippen molar-refractivity contribution in [2.45, 2.75) is 57.9 Å². The second kappa shape index (κ2) is 7.48. The van der Waals surface area contributed by atoms with E-state index in [1.54, 1.807) is 6.92 Å². The molecule has 0 spiro atoms. The highest BCUT2D eigenvalue weighted by atomic mass is 16.5. The first kappa shape index (κ1) is 18.4. The molecule has 1 heterocycles. The third-order valence-electron chi connectivity index (χ3n) is 5.25. The van der Waals surface area contributed by atoms with Crippen LogP contribution in [0.4, 0.5) is 4.79 Å². The van der Waals surface area contributed by atoms with E-state index in [0.717, 1.165) is 42.6 Å². The van der Waals surface area contributed by atoms with Gasteiger partial charge in [0.25, 0.3) is 5.91 Å². The maximum Gasteiger partial charge on any atom is 0.325 e. The number of unbranched alkanes of at least 4 members (excludes halogenated alkanes) is 1. The van der Waals surface area contributed by atoms with Gasteiger partial charge in [-0.1, -0.05) is 31.5 Å². The quantitative estimate of drug-likeness (QED) is 0.462. The Labute approximate surface area is 153 Å². The second-order valence-electron chi connectivity index (χ2n) is 7.17. The first-order valence-corrected chi connectivity index (χ1v) is 9.37. The first-order chi connectivity index (χ1) is 12.5. The molecule has 1 aromatic carbocycles. The van der Waals surface area contributed by atoms with Crippen LogP contribution < -0.4 is 5.32 Å². The summed E-state index contributed by atoms with van der Waals surface area (Å²) in [5, 5.41) is 2.80. The SMILES string of the molecule is CCCCOC(=O)CCN1C(=O)N[C@](C)(c2ccc3c(c2)CCC3)C1=O. The van der Waals surface area contributed by atoms with Crippen molar-refractivity contribution < 1.29 is 19.1 Å². The number of nitrogens with one attached hydrogen (secondary N) is 1. The maximum absolute atomic E-state index is 12.9. The summed E-state index contributed by atoms with van der Waals surface area (Å²) >= 11 is 0. The van der Waals surface area contributed by atoms with Crippen LogP contribution in [-0.2, 0) is 32.7 Å². The molecule has 1 saturated heterocycles.